The maximum Gasteiger partial charge on any atom is 0.255 e. The van der Waals surface area contributed by atoms with E-state index in [9.17, 15) is 4.79 Å². The van der Waals surface area contributed by atoms with Gasteiger partial charge < -0.3 is 5.32 Å². The molecule has 1 heterocycles. The van der Waals surface area contributed by atoms with E-state index in [-0.39, 0.29) is 5.91 Å². The topological polar surface area (TPSA) is 57.8 Å². The largest absolute Gasteiger partial charge is 0.322 e. The van der Waals surface area contributed by atoms with Gasteiger partial charge in [-0.05, 0) is 42.0 Å². The van der Waals surface area contributed by atoms with Gasteiger partial charge in [0, 0.05) is 22.5 Å². The summed E-state index contributed by atoms with van der Waals surface area (Å²) >= 11 is 5.88. The molecule has 3 aromatic rings. The number of anilines is 1. The minimum atomic E-state index is -0.188. The number of amides is 1. The van der Waals surface area contributed by atoms with Gasteiger partial charge in [0.15, 0.2) is 0 Å². The van der Waals surface area contributed by atoms with Crippen LogP contribution in [0.5, 0.6) is 0 Å². The molecule has 0 bridgehead atoms. The van der Waals surface area contributed by atoms with Crippen LogP contribution in [-0.4, -0.2) is 16.1 Å². The molecular weight excluding hydrogens is 286 g/mol. The van der Waals surface area contributed by atoms with Gasteiger partial charge in [0.05, 0.1) is 5.69 Å². The normalized spacial score (nSPS) is 10.3. The maximum atomic E-state index is 12.1. The second-order valence-corrected chi connectivity index (χ2v) is 4.95. The van der Waals surface area contributed by atoms with Crippen molar-refractivity contribution in [3.05, 3.63) is 71.4 Å². The van der Waals surface area contributed by atoms with Crippen molar-refractivity contribution in [3.63, 3.8) is 0 Å². The van der Waals surface area contributed by atoms with Crippen LogP contribution in [0, 0.1) is 0 Å². The molecule has 0 saturated heterocycles. The Morgan fingerprint density at radius 2 is 1.90 bits per heavy atom. The van der Waals surface area contributed by atoms with Crippen LogP contribution in [0.1, 0.15) is 10.4 Å². The number of rotatable bonds is 3. The average molecular weight is 298 g/mol. The smallest absolute Gasteiger partial charge is 0.255 e. The third-order valence-electron chi connectivity index (χ3n) is 3.04. The van der Waals surface area contributed by atoms with Crippen LogP contribution >= 0.6 is 11.6 Å². The number of carbonyl (C=O) groups is 1. The van der Waals surface area contributed by atoms with Gasteiger partial charge in [-0.25, -0.2) is 0 Å². The van der Waals surface area contributed by atoms with Gasteiger partial charge in [0.2, 0.25) is 0 Å². The van der Waals surface area contributed by atoms with Crippen LogP contribution in [0.25, 0.3) is 11.3 Å². The van der Waals surface area contributed by atoms with Crippen LogP contribution < -0.4 is 5.32 Å². The van der Waals surface area contributed by atoms with Gasteiger partial charge in [-0.2, -0.15) is 5.10 Å². The van der Waals surface area contributed by atoms with E-state index in [1.54, 1.807) is 30.5 Å². The fourth-order valence-electron chi connectivity index (χ4n) is 1.98. The van der Waals surface area contributed by atoms with E-state index in [0.717, 1.165) is 16.9 Å². The lowest BCUT2D eigenvalue weighted by Crippen LogP contribution is -2.11. The molecule has 0 radical (unpaired) electrons. The Labute approximate surface area is 126 Å². The predicted molar refractivity (Wildman–Crippen MR) is 83.4 cm³/mol. The minimum absolute atomic E-state index is 0.188. The molecule has 2 N–H and O–H groups in total. The molecule has 2 aromatic carbocycles. The van der Waals surface area contributed by atoms with E-state index in [2.05, 4.69) is 15.5 Å². The summed E-state index contributed by atoms with van der Waals surface area (Å²) in [6.07, 6.45) is 1.70. The Morgan fingerprint density at radius 1 is 1.10 bits per heavy atom. The monoisotopic (exact) mass is 297 g/mol. The molecule has 1 aromatic heterocycles. The number of nitrogens with one attached hydrogen (secondary N) is 2. The van der Waals surface area contributed by atoms with E-state index in [0.29, 0.717) is 10.6 Å². The van der Waals surface area contributed by atoms with E-state index >= 15 is 0 Å². The predicted octanol–water partition coefficient (Wildman–Crippen LogP) is 3.98. The maximum absolute atomic E-state index is 12.1. The first-order chi connectivity index (χ1) is 10.2. The van der Waals surface area contributed by atoms with Crippen LogP contribution in [-0.2, 0) is 0 Å². The molecule has 104 valence electrons. The first kappa shape index (κ1) is 13.4. The van der Waals surface area contributed by atoms with Crippen molar-refractivity contribution in [2.75, 3.05) is 5.32 Å². The van der Waals surface area contributed by atoms with Gasteiger partial charge in [-0.15, -0.1) is 0 Å². The lowest BCUT2D eigenvalue weighted by Gasteiger charge is -2.06. The number of hydrogen-bond donors (Lipinski definition) is 2. The third kappa shape index (κ3) is 3.12. The highest BCUT2D eigenvalue weighted by Crippen LogP contribution is 2.19. The Bertz CT molecular complexity index is 751. The van der Waals surface area contributed by atoms with E-state index < -0.39 is 0 Å². The Balaban J connectivity index is 1.75. The van der Waals surface area contributed by atoms with E-state index in [1.165, 1.54) is 0 Å². The summed E-state index contributed by atoms with van der Waals surface area (Å²) in [5.41, 5.74) is 3.19. The number of H-pyrrole nitrogens is 1. The van der Waals surface area contributed by atoms with Gasteiger partial charge in [-0.3, -0.25) is 9.89 Å². The summed E-state index contributed by atoms with van der Waals surface area (Å²) in [5.74, 6) is -0.188. The number of nitrogens with zero attached hydrogens (tertiary/aromatic N) is 1. The van der Waals surface area contributed by atoms with Crippen LogP contribution in [0.15, 0.2) is 60.8 Å². The molecule has 21 heavy (non-hydrogen) atoms. The van der Waals surface area contributed by atoms with Crippen molar-refractivity contribution in [2.24, 2.45) is 0 Å². The summed E-state index contributed by atoms with van der Waals surface area (Å²) in [5, 5.41) is 10.2. The Morgan fingerprint density at radius 3 is 2.57 bits per heavy atom. The van der Waals surface area contributed by atoms with Gasteiger partial charge >= 0.3 is 0 Å². The zero-order valence-electron chi connectivity index (χ0n) is 11.0. The van der Waals surface area contributed by atoms with Crippen molar-refractivity contribution >= 4 is 23.2 Å². The Hall–Kier alpha value is -2.59. The number of hydrogen-bond acceptors (Lipinski definition) is 2. The lowest BCUT2D eigenvalue weighted by molar-refractivity contribution is 0.102. The highest BCUT2D eigenvalue weighted by Gasteiger charge is 2.06. The van der Waals surface area contributed by atoms with Crippen molar-refractivity contribution in [2.45, 2.75) is 0 Å². The molecule has 0 aliphatic carbocycles. The molecule has 1 amide bonds. The number of carbonyl (C=O) groups excluding carboxylic acids is 1. The fraction of sp³-hybridized carbons (Fsp3) is 0. The highest BCUT2D eigenvalue weighted by atomic mass is 35.5. The molecule has 0 aliphatic rings. The molecule has 0 aliphatic heterocycles. The summed E-state index contributed by atoms with van der Waals surface area (Å²) in [4.78, 5) is 12.1. The molecule has 3 rings (SSSR count). The molecule has 0 unspecified atom stereocenters. The second kappa shape index (κ2) is 5.81. The van der Waals surface area contributed by atoms with Gasteiger partial charge in [0.1, 0.15) is 0 Å². The molecule has 0 spiro atoms. The van der Waals surface area contributed by atoms with E-state index in [1.807, 2.05) is 30.3 Å². The quantitative estimate of drug-likeness (QED) is 0.768. The molecule has 0 atom stereocenters. The number of aromatic amines is 1. The SMILES string of the molecule is O=C(Nc1ccc(-c2ccn[nH]2)cc1)c1cccc(Cl)c1. The number of halogens is 1. The molecule has 5 heteroatoms. The first-order valence-electron chi connectivity index (χ1n) is 6.39. The average Bonchev–Trinajstić information content (AvgIpc) is 3.02. The summed E-state index contributed by atoms with van der Waals surface area (Å²) in [6, 6.07) is 16.3. The van der Waals surface area contributed by atoms with Crippen molar-refractivity contribution in [3.8, 4) is 11.3 Å². The number of benzene rings is 2. The summed E-state index contributed by atoms with van der Waals surface area (Å²) < 4.78 is 0. The fourth-order valence-corrected chi connectivity index (χ4v) is 2.17. The third-order valence-corrected chi connectivity index (χ3v) is 3.28. The van der Waals surface area contributed by atoms with Crippen LogP contribution in [0.2, 0.25) is 5.02 Å². The Kier molecular flexibility index (Phi) is 3.71. The minimum Gasteiger partial charge on any atom is -0.322 e. The molecule has 0 saturated carbocycles. The molecule has 0 fully saturated rings. The van der Waals surface area contributed by atoms with Crippen molar-refractivity contribution < 1.29 is 4.79 Å². The van der Waals surface area contributed by atoms with E-state index in [4.69, 9.17) is 11.6 Å². The zero-order chi connectivity index (χ0) is 14.7. The molecule has 4 nitrogen and oxygen atoms in total. The standard InChI is InChI=1S/C16H12ClN3O/c17-13-3-1-2-12(10-13)16(21)19-14-6-4-11(5-7-14)15-8-9-18-20-15/h1-10H,(H,18,20)(H,19,21). The van der Waals surface area contributed by atoms with Gasteiger partial charge in [-0.1, -0.05) is 29.8 Å². The lowest BCUT2D eigenvalue weighted by atomic mass is 10.1. The van der Waals surface area contributed by atoms with Crippen LogP contribution in [0.4, 0.5) is 5.69 Å². The summed E-state index contributed by atoms with van der Waals surface area (Å²) in [6.45, 7) is 0. The summed E-state index contributed by atoms with van der Waals surface area (Å²) in [7, 11) is 0. The van der Waals surface area contributed by atoms with Crippen LogP contribution in [0.3, 0.4) is 0 Å². The van der Waals surface area contributed by atoms with Gasteiger partial charge in [0.25, 0.3) is 5.91 Å². The molecular formula is C16H12ClN3O. The highest BCUT2D eigenvalue weighted by molar-refractivity contribution is 6.31. The van der Waals surface area contributed by atoms with Crippen molar-refractivity contribution in [1.29, 1.82) is 0 Å². The first-order valence-corrected chi connectivity index (χ1v) is 6.77. The number of aromatic nitrogens is 2. The van der Waals surface area contributed by atoms with Crippen molar-refractivity contribution in [1.82, 2.24) is 10.2 Å². The zero-order valence-corrected chi connectivity index (χ0v) is 11.8. The second-order valence-electron chi connectivity index (χ2n) is 4.51.